The Labute approximate surface area is 118 Å². The number of carbonyl (C=O) groups is 1. The molecule has 0 radical (unpaired) electrons. The van der Waals surface area contributed by atoms with Crippen LogP contribution in [0.3, 0.4) is 0 Å². The van der Waals surface area contributed by atoms with Crippen molar-refractivity contribution in [1.82, 2.24) is 10.2 Å². The van der Waals surface area contributed by atoms with Crippen molar-refractivity contribution in [3.8, 4) is 0 Å². The molecule has 4 nitrogen and oxygen atoms in total. The molecule has 2 rings (SSSR count). The zero-order chi connectivity index (χ0) is 13.9. The van der Waals surface area contributed by atoms with Gasteiger partial charge in [0.05, 0.1) is 0 Å². The maximum absolute atomic E-state index is 11.9. The number of nitrogens with one attached hydrogen (secondary N) is 1. The zero-order valence-corrected chi connectivity index (χ0v) is 12.6. The Morgan fingerprint density at radius 1 is 1.58 bits per heavy atom. The fraction of sp³-hybridized carbons (Fsp3) is 0.643. The number of amides is 1. The monoisotopic (exact) mass is 282 g/mol. The Balaban J connectivity index is 1.75. The van der Waals surface area contributed by atoms with E-state index in [1.165, 1.54) is 5.56 Å². The predicted molar refractivity (Wildman–Crippen MR) is 77.4 cm³/mol. The largest absolute Gasteiger partial charge is 0.444 e. The number of hydrogen-bond donors (Lipinski definition) is 1. The van der Waals surface area contributed by atoms with Crippen LogP contribution in [0.4, 0.5) is 4.79 Å². The molecule has 1 aromatic rings. The van der Waals surface area contributed by atoms with Crippen LogP contribution in [0.1, 0.15) is 32.8 Å². The lowest BCUT2D eigenvalue weighted by atomic mass is 10.2. The van der Waals surface area contributed by atoms with Gasteiger partial charge < -0.3 is 15.0 Å². The highest BCUT2D eigenvalue weighted by Gasteiger charge is 2.29. The average Bonchev–Trinajstić information content (AvgIpc) is 2.96. The van der Waals surface area contributed by atoms with Gasteiger partial charge in [0, 0.05) is 25.7 Å². The van der Waals surface area contributed by atoms with E-state index in [4.69, 9.17) is 4.74 Å². The van der Waals surface area contributed by atoms with Crippen molar-refractivity contribution in [3.05, 3.63) is 22.4 Å². The van der Waals surface area contributed by atoms with Crippen LogP contribution in [0.15, 0.2) is 16.8 Å². The molecule has 1 amide bonds. The Kier molecular flexibility index (Phi) is 4.47. The summed E-state index contributed by atoms with van der Waals surface area (Å²) in [7, 11) is 0. The molecule has 0 saturated carbocycles. The summed E-state index contributed by atoms with van der Waals surface area (Å²) in [6, 6.07) is 2.49. The van der Waals surface area contributed by atoms with E-state index in [0.717, 1.165) is 26.1 Å². The maximum atomic E-state index is 11.9. The third-order valence-electron chi connectivity index (χ3n) is 3.01. The third-order valence-corrected chi connectivity index (χ3v) is 3.75. The topological polar surface area (TPSA) is 41.6 Å². The molecule has 1 atom stereocenters. The van der Waals surface area contributed by atoms with E-state index in [1.807, 2.05) is 20.8 Å². The Morgan fingerprint density at radius 3 is 3.00 bits per heavy atom. The molecule has 1 saturated heterocycles. The number of hydrogen-bond acceptors (Lipinski definition) is 4. The van der Waals surface area contributed by atoms with Gasteiger partial charge in [-0.15, -0.1) is 0 Å². The van der Waals surface area contributed by atoms with Crippen molar-refractivity contribution in [3.63, 3.8) is 0 Å². The van der Waals surface area contributed by atoms with Crippen molar-refractivity contribution in [2.24, 2.45) is 0 Å². The van der Waals surface area contributed by atoms with Crippen molar-refractivity contribution < 1.29 is 9.53 Å². The lowest BCUT2D eigenvalue weighted by Crippen LogP contribution is -2.38. The summed E-state index contributed by atoms with van der Waals surface area (Å²) in [6.07, 6.45) is 0.788. The van der Waals surface area contributed by atoms with Crippen LogP contribution >= 0.6 is 11.3 Å². The van der Waals surface area contributed by atoms with E-state index in [0.29, 0.717) is 6.04 Å². The van der Waals surface area contributed by atoms with Crippen molar-refractivity contribution in [2.45, 2.75) is 45.4 Å². The maximum Gasteiger partial charge on any atom is 0.410 e. The minimum absolute atomic E-state index is 0.202. The smallest absolute Gasteiger partial charge is 0.410 e. The van der Waals surface area contributed by atoms with Gasteiger partial charge >= 0.3 is 6.09 Å². The number of likely N-dealkylation sites (tertiary alicyclic amines) is 1. The highest BCUT2D eigenvalue weighted by atomic mass is 32.1. The zero-order valence-electron chi connectivity index (χ0n) is 11.8. The Hall–Kier alpha value is -1.07. The van der Waals surface area contributed by atoms with Gasteiger partial charge in [-0.25, -0.2) is 4.79 Å². The first-order valence-electron chi connectivity index (χ1n) is 6.66. The fourth-order valence-electron chi connectivity index (χ4n) is 2.07. The molecule has 1 unspecified atom stereocenters. The van der Waals surface area contributed by atoms with Crippen molar-refractivity contribution in [2.75, 3.05) is 13.1 Å². The van der Waals surface area contributed by atoms with Gasteiger partial charge in [-0.1, -0.05) is 0 Å². The van der Waals surface area contributed by atoms with Gasteiger partial charge in [-0.05, 0) is 49.6 Å². The van der Waals surface area contributed by atoms with Gasteiger partial charge in [0.1, 0.15) is 5.60 Å². The average molecular weight is 282 g/mol. The van der Waals surface area contributed by atoms with Crippen molar-refractivity contribution >= 4 is 17.4 Å². The first kappa shape index (κ1) is 14.3. The third kappa shape index (κ3) is 4.51. The molecule has 1 N–H and O–H groups in total. The molecule has 0 aromatic carbocycles. The van der Waals surface area contributed by atoms with Crippen LogP contribution in [0.25, 0.3) is 0 Å². The lowest BCUT2D eigenvalue weighted by molar-refractivity contribution is 0.0291. The molecule has 19 heavy (non-hydrogen) atoms. The summed E-state index contributed by atoms with van der Waals surface area (Å²) >= 11 is 1.71. The van der Waals surface area contributed by atoms with Crippen molar-refractivity contribution in [1.29, 1.82) is 0 Å². The quantitative estimate of drug-likeness (QED) is 0.927. The number of ether oxygens (including phenoxy) is 1. The van der Waals surface area contributed by atoms with E-state index < -0.39 is 5.60 Å². The Morgan fingerprint density at radius 2 is 2.37 bits per heavy atom. The minimum Gasteiger partial charge on any atom is -0.444 e. The van der Waals surface area contributed by atoms with Crippen LogP contribution in [0.2, 0.25) is 0 Å². The van der Waals surface area contributed by atoms with Gasteiger partial charge in [0.15, 0.2) is 0 Å². The van der Waals surface area contributed by atoms with E-state index in [1.54, 1.807) is 16.2 Å². The van der Waals surface area contributed by atoms with Crippen LogP contribution in [-0.2, 0) is 11.3 Å². The molecule has 1 fully saturated rings. The van der Waals surface area contributed by atoms with Gasteiger partial charge in [-0.3, -0.25) is 0 Å². The fourth-order valence-corrected chi connectivity index (χ4v) is 2.74. The van der Waals surface area contributed by atoms with Crippen LogP contribution in [0.5, 0.6) is 0 Å². The first-order valence-corrected chi connectivity index (χ1v) is 7.61. The molecule has 0 bridgehead atoms. The SMILES string of the molecule is CC(C)(C)OC(=O)N1CCC(NCc2ccsc2)C1. The molecule has 5 heteroatoms. The normalized spacial score (nSPS) is 19.7. The lowest BCUT2D eigenvalue weighted by Gasteiger charge is -2.24. The minimum atomic E-state index is -0.417. The summed E-state index contributed by atoms with van der Waals surface area (Å²) in [4.78, 5) is 13.7. The highest BCUT2D eigenvalue weighted by Crippen LogP contribution is 2.16. The standard InChI is InChI=1S/C14H22N2O2S/c1-14(2,3)18-13(17)16-6-4-12(9-16)15-8-11-5-7-19-10-11/h5,7,10,12,15H,4,6,8-9H2,1-3H3. The molecule has 106 valence electrons. The van der Waals surface area contributed by atoms with Crippen LogP contribution in [0, 0.1) is 0 Å². The second kappa shape index (κ2) is 5.92. The molecule has 1 aliphatic rings. The summed E-state index contributed by atoms with van der Waals surface area (Å²) in [5.41, 5.74) is 0.889. The van der Waals surface area contributed by atoms with E-state index in [-0.39, 0.29) is 6.09 Å². The van der Waals surface area contributed by atoms with E-state index >= 15 is 0 Å². The molecule has 1 aromatic heterocycles. The molecular weight excluding hydrogens is 260 g/mol. The van der Waals surface area contributed by atoms with Gasteiger partial charge in [-0.2, -0.15) is 11.3 Å². The van der Waals surface area contributed by atoms with Crippen LogP contribution in [-0.4, -0.2) is 35.7 Å². The molecular formula is C14H22N2O2S. The molecule has 2 heterocycles. The summed E-state index contributed by atoms with van der Waals surface area (Å²) in [5, 5.41) is 7.72. The number of rotatable bonds is 3. The van der Waals surface area contributed by atoms with Gasteiger partial charge in [0.2, 0.25) is 0 Å². The molecule has 0 aliphatic carbocycles. The summed E-state index contributed by atoms with van der Waals surface area (Å²) < 4.78 is 5.38. The summed E-state index contributed by atoms with van der Waals surface area (Å²) in [5.74, 6) is 0. The second-order valence-electron chi connectivity index (χ2n) is 5.92. The molecule has 0 spiro atoms. The number of carbonyl (C=O) groups excluding carboxylic acids is 1. The Bertz CT molecular complexity index is 412. The van der Waals surface area contributed by atoms with E-state index in [2.05, 4.69) is 22.1 Å². The predicted octanol–water partition coefficient (Wildman–Crippen LogP) is 2.85. The number of nitrogens with zero attached hydrogens (tertiary/aromatic N) is 1. The number of thiophene rings is 1. The first-order chi connectivity index (χ1) is 8.94. The second-order valence-corrected chi connectivity index (χ2v) is 6.70. The summed E-state index contributed by atoms with van der Waals surface area (Å²) in [6.45, 7) is 8.07. The highest BCUT2D eigenvalue weighted by molar-refractivity contribution is 7.07. The molecule has 1 aliphatic heterocycles. The van der Waals surface area contributed by atoms with E-state index in [9.17, 15) is 4.79 Å². The van der Waals surface area contributed by atoms with Crippen LogP contribution < -0.4 is 5.32 Å². The van der Waals surface area contributed by atoms with Gasteiger partial charge in [0.25, 0.3) is 0 Å².